The number of nitrogens with one attached hydrogen (secondary N) is 1. The Labute approximate surface area is 182 Å². The highest BCUT2D eigenvalue weighted by molar-refractivity contribution is 7.99. The van der Waals surface area contributed by atoms with Gasteiger partial charge in [-0.1, -0.05) is 79.6 Å². The smallest absolute Gasteiger partial charge is 0.221 e. The maximum absolute atomic E-state index is 12.3. The summed E-state index contributed by atoms with van der Waals surface area (Å²) in [4.78, 5) is 12.3. The molecule has 2 aromatic carbocycles. The number of benzene rings is 2. The number of amides is 1. The lowest BCUT2D eigenvalue weighted by atomic mass is 9.95. The fourth-order valence-corrected chi connectivity index (χ4v) is 4.81. The molecule has 5 nitrogen and oxygen atoms in total. The van der Waals surface area contributed by atoms with Crippen molar-refractivity contribution in [2.24, 2.45) is 0 Å². The molecule has 0 radical (unpaired) electrons. The van der Waals surface area contributed by atoms with Gasteiger partial charge in [0.25, 0.3) is 0 Å². The molecule has 0 atom stereocenters. The van der Waals surface area contributed by atoms with Crippen molar-refractivity contribution in [3.63, 3.8) is 0 Å². The molecule has 6 heteroatoms. The number of para-hydroxylation sites is 1. The predicted octanol–water partition coefficient (Wildman–Crippen LogP) is 4.79. The molecule has 0 bridgehead atoms. The summed E-state index contributed by atoms with van der Waals surface area (Å²) >= 11 is 1.59. The summed E-state index contributed by atoms with van der Waals surface area (Å²) in [6.45, 7) is 0. The molecule has 1 N–H and O–H groups in total. The fraction of sp³-hybridized carbons (Fsp3) is 0.375. The van der Waals surface area contributed by atoms with E-state index in [1.807, 2.05) is 36.4 Å². The quantitative estimate of drug-likeness (QED) is 0.532. The molecule has 3 aromatic rings. The van der Waals surface area contributed by atoms with Crippen LogP contribution in [-0.4, -0.2) is 32.5 Å². The monoisotopic (exact) mass is 420 g/mol. The Bertz CT molecular complexity index is 936. The predicted molar refractivity (Wildman–Crippen MR) is 121 cm³/mol. The largest absolute Gasteiger partial charge is 0.353 e. The van der Waals surface area contributed by atoms with Gasteiger partial charge in [-0.2, -0.15) is 0 Å². The van der Waals surface area contributed by atoms with Gasteiger partial charge in [0, 0.05) is 30.3 Å². The topological polar surface area (TPSA) is 59.8 Å². The minimum absolute atomic E-state index is 0.143. The van der Waals surface area contributed by atoms with E-state index < -0.39 is 0 Å². The molecule has 30 heavy (non-hydrogen) atoms. The van der Waals surface area contributed by atoms with Gasteiger partial charge < -0.3 is 5.32 Å². The normalized spacial score (nSPS) is 14.5. The van der Waals surface area contributed by atoms with E-state index >= 15 is 0 Å². The Hall–Kier alpha value is -2.60. The van der Waals surface area contributed by atoms with Gasteiger partial charge in [0.2, 0.25) is 5.91 Å². The molecule has 1 fully saturated rings. The molecule has 1 aromatic heterocycles. The van der Waals surface area contributed by atoms with Crippen LogP contribution in [0.1, 0.15) is 49.9 Å². The highest BCUT2D eigenvalue weighted by Gasteiger charge is 2.17. The third kappa shape index (κ3) is 5.51. The van der Waals surface area contributed by atoms with Crippen molar-refractivity contribution in [2.45, 2.75) is 56.1 Å². The number of nitrogens with zero attached hydrogens (tertiary/aromatic N) is 3. The Morgan fingerprint density at radius 3 is 2.40 bits per heavy atom. The second kappa shape index (κ2) is 10.4. The minimum Gasteiger partial charge on any atom is -0.353 e. The van der Waals surface area contributed by atoms with Crippen molar-refractivity contribution in [2.75, 3.05) is 5.75 Å². The number of hydrogen-bond donors (Lipinski definition) is 1. The average Bonchev–Trinajstić information content (AvgIpc) is 3.18. The number of carbonyl (C=O) groups is 1. The molecule has 1 aliphatic rings. The molecule has 1 aliphatic carbocycles. The minimum atomic E-state index is 0.143. The van der Waals surface area contributed by atoms with Crippen molar-refractivity contribution in [1.29, 1.82) is 0 Å². The van der Waals surface area contributed by atoms with E-state index in [1.165, 1.54) is 24.8 Å². The van der Waals surface area contributed by atoms with Gasteiger partial charge in [-0.3, -0.25) is 9.36 Å². The summed E-state index contributed by atoms with van der Waals surface area (Å²) in [5, 5.41) is 12.9. The summed E-state index contributed by atoms with van der Waals surface area (Å²) in [6.07, 6.45) is 7.19. The van der Waals surface area contributed by atoms with Gasteiger partial charge in [0.15, 0.2) is 5.16 Å². The Balaban J connectivity index is 1.43. The zero-order chi connectivity index (χ0) is 20.6. The zero-order valence-corrected chi connectivity index (χ0v) is 18.0. The summed E-state index contributed by atoms with van der Waals surface area (Å²) in [5.74, 6) is 1.74. The number of hydrogen-bond acceptors (Lipinski definition) is 4. The number of thioether (sulfide) groups is 1. The molecule has 156 valence electrons. The third-order valence-electron chi connectivity index (χ3n) is 5.45. The molecule has 0 aliphatic heterocycles. The third-order valence-corrected chi connectivity index (χ3v) is 6.38. The van der Waals surface area contributed by atoms with Crippen LogP contribution in [0.25, 0.3) is 5.69 Å². The first-order chi connectivity index (χ1) is 14.8. The summed E-state index contributed by atoms with van der Waals surface area (Å²) in [6, 6.07) is 20.9. The lowest BCUT2D eigenvalue weighted by molar-refractivity contribution is -0.121. The molecule has 1 amide bonds. The van der Waals surface area contributed by atoms with Crippen LogP contribution < -0.4 is 5.32 Å². The second-order valence-electron chi connectivity index (χ2n) is 7.73. The van der Waals surface area contributed by atoms with Crippen LogP contribution in [0.4, 0.5) is 0 Å². The standard InChI is InChI=1S/C24H28N4OS/c29-23(25-20-12-6-2-7-13-20)16-17-30-24-27-26-22(18-19-10-4-1-5-11-19)28(24)21-14-8-3-9-15-21/h1,3-5,8-11,14-15,20H,2,6-7,12-13,16-18H2,(H,25,29). The van der Waals surface area contributed by atoms with Crippen molar-refractivity contribution >= 4 is 17.7 Å². The second-order valence-corrected chi connectivity index (χ2v) is 8.80. The van der Waals surface area contributed by atoms with E-state index in [0.717, 1.165) is 29.5 Å². The Morgan fingerprint density at radius 1 is 0.967 bits per heavy atom. The molecule has 0 spiro atoms. The summed E-state index contributed by atoms with van der Waals surface area (Å²) in [7, 11) is 0. The average molecular weight is 421 g/mol. The first-order valence-corrected chi connectivity index (χ1v) is 11.7. The van der Waals surface area contributed by atoms with Crippen LogP contribution in [0, 0.1) is 0 Å². The lowest BCUT2D eigenvalue weighted by Gasteiger charge is -2.22. The van der Waals surface area contributed by atoms with Gasteiger partial charge in [-0.25, -0.2) is 0 Å². The van der Waals surface area contributed by atoms with E-state index in [1.54, 1.807) is 11.8 Å². The van der Waals surface area contributed by atoms with Crippen molar-refractivity contribution in [3.8, 4) is 5.69 Å². The molecular formula is C24H28N4OS. The first kappa shape index (κ1) is 20.7. The van der Waals surface area contributed by atoms with Crippen molar-refractivity contribution < 1.29 is 4.79 Å². The number of rotatable bonds is 8. The lowest BCUT2D eigenvalue weighted by Crippen LogP contribution is -2.36. The van der Waals surface area contributed by atoms with Crippen LogP contribution in [0.2, 0.25) is 0 Å². The molecule has 0 saturated heterocycles. The van der Waals surface area contributed by atoms with E-state index in [0.29, 0.717) is 24.6 Å². The van der Waals surface area contributed by atoms with Crippen LogP contribution in [0.15, 0.2) is 65.8 Å². The highest BCUT2D eigenvalue weighted by Crippen LogP contribution is 2.24. The summed E-state index contributed by atoms with van der Waals surface area (Å²) < 4.78 is 2.11. The molecule has 1 heterocycles. The van der Waals surface area contributed by atoms with Gasteiger partial charge >= 0.3 is 0 Å². The highest BCUT2D eigenvalue weighted by atomic mass is 32.2. The van der Waals surface area contributed by atoms with E-state index in [4.69, 9.17) is 0 Å². The van der Waals surface area contributed by atoms with Gasteiger partial charge in [-0.05, 0) is 30.5 Å². The fourth-order valence-electron chi connectivity index (χ4n) is 3.90. The molecule has 4 rings (SSSR count). The summed E-state index contributed by atoms with van der Waals surface area (Å²) in [5.41, 5.74) is 2.24. The van der Waals surface area contributed by atoms with Gasteiger partial charge in [0.1, 0.15) is 5.82 Å². The van der Waals surface area contributed by atoms with Crippen molar-refractivity contribution in [1.82, 2.24) is 20.1 Å². The van der Waals surface area contributed by atoms with Crippen molar-refractivity contribution in [3.05, 3.63) is 72.1 Å². The van der Waals surface area contributed by atoms with Crippen LogP contribution in [0.5, 0.6) is 0 Å². The first-order valence-electron chi connectivity index (χ1n) is 10.8. The van der Waals surface area contributed by atoms with Gasteiger partial charge in [-0.15, -0.1) is 10.2 Å². The van der Waals surface area contributed by atoms with Crippen LogP contribution >= 0.6 is 11.8 Å². The Morgan fingerprint density at radius 2 is 1.67 bits per heavy atom. The zero-order valence-electron chi connectivity index (χ0n) is 17.2. The van der Waals surface area contributed by atoms with E-state index in [-0.39, 0.29) is 5.91 Å². The van der Waals surface area contributed by atoms with Crippen LogP contribution in [0.3, 0.4) is 0 Å². The van der Waals surface area contributed by atoms with E-state index in [2.05, 4.69) is 44.3 Å². The SMILES string of the molecule is O=C(CCSc1nnc(Cc2ccccc2)n1-c1ccccc1)NC1CCCCC1. The van der Waals surface area contributed by atoms with E-state index in [9.17, 15) is 4.79 Å². The molecule has 0 unspecified atom stereocenters. The molecular weight excluding hydrogens is 392 g/mol. The number of carbonyl (C=O) groups excluding carboxylic acids is 1. The van der Waals surface area contributed by atoms with Crippen LogP contribution in [-0.2, 0) is 11.2 Å². The molecule has 1 saturated carbocycles. The maximum atomic E-state index is 12.3. The van der Waals surface area contributed by atoms with Gasteiger partial charge in [0.05, 0.1) is 0 Å². The Kier molecular flexibility index (Phi) is 7.19. The number of aromatic nitrogens is 3. The maximum Gasteiger partial charge on any atom is 0.221 e.